The molecule has 0 amide bonds. The fourth-order valence-electron chi connectivity index (χ4n) is 1.20. The van der Waals surface area contributed by atoms with Crippen molar-refractivity contribution in [2.24, 2.45) is 11.8 Å². The average Bonchev–Trinajstić information content (AvgIpc) is 2.41. The molecule has 0 aromatic rings. The molecule has 0 heteroatoms. The minimum atomic E-state index is 0.841. The molecular formula is C7H8. The van der Waals surface area contributed by atoms with Gasteiger partial charge in [-0.3, -0.25) is 0 Å². The number of hydrogen-bond donors (Lipinski definition) is 0. The van der Waals surface area contributed by atoms with E-state index in [0.717, 1.165) is 11.8 Å². The van der Waals surface area contributed by atoms with Gasteiger partial charge in [-0.25, -0.2) is 0 Å². The lowest BCUT2D eigenvalue weighted by Crippen LogP contribution is -1.84. The van der Waals surface area contributed by atoms with Crippen LogP contribution in [-0.2, 0) is 0 Å². The van der Waals surface area contributed by atoms with E-state index < -0.39 is 0 Å². The monoisotopic (exact) mass is 92.1 g/mol. The van der Waals surface area contributed by atoms with Crippen molar-refractivity contribution in [3.8, 4) is 11.8 Å². The second kappa shape index (κ2) is 1.04. The molecule has 0 N–H and O–H groups in total. The van der Waals surface area contributed by atoms with Gasteiger partial charge in [0.1, 0.15) is 0 Å². The molecule has 0 spiro atoms. The predicted molar refractivity (Wildman–Crippen MR) is 28.6 cm³/mol. The van der Waals surface area contributed by atoms with Crippen LogP contribution in [0.5, 0.6) is 0 Å². The van der Waals surface area contributed by atoms with Crippen LogP contribution in [0.3, 0.4) is 0 Å². The quantitative estimate of drug-likeness (QED) is 0.396. The first kappa shape index (κ1) is 3.55. The zero-order valence-corrected chi connectivity index (χ0v) is 4.28. The zero-order valence-electron chi connectivity index (χ0n) is 4.28. The second-order valence-electron chi connectivity index (χ2n) is 2.46. The van der Waals surface area contributed by atoms with Crippen LogP contribution in [0.2, 0.25) is 0 Å². The first-order valence-electron chi connectivity index (χ1n) is 2.95. The van der Waals surface area contributed by atoms with E-state index >= 15 is 0 Å². The van der Waals surface area contributed by atoms with Gasteiger partial charge in [-0.2, -0.15) is 0 Å². The Kier molecular flexibility index (Phi) is 0.526. The molecule has 2 aliphatic carbocycles. The molecule has 0 radical (unpaired) electrons. The minimum Gasteiger partial charge on any atom is -0.103 e. The molecule has 0 heterocycles. The Morgan fingerprint density at radius 1 is 1.43 bits per heavy atom. The summed E-state index contributed by atoms with van der Waals surface area (Å²) in [6.07, 6.45) is 3.96. The summed E-state index contributed by atoms with van der Waals surface area (Å²) in [7, 11) is 0. The molecule has 2 aliphatic rings. The van der Waals surface area contributed by atoms with Crippen molar-refractivity contribution in [2.45, 2.75) is 19.3 Å². The summed E-state index contributed by atoms with van der Waals surface area (Å²) in [5, 5.41) is 0. The van der Waals surface area contributed by atoms with Gasteiger partial charge in [0.05, 0.1) is 0 Å². The highest BCUT2D eigenvalue weighted by atomic mass is 14.4. The SMILES string of the molecule is C1#CC2CC2CC1. The second-order valence-corrected chi connectivity index (χ2v) is 2.46. The molecule has 2 rings (SSSR count). The molecule has 0 aromatic heterocycles. The van der Waals surface area contributed by atoms with Gasteiger partial charge in [0.2, 0.25) is 0 Å². The van der Waals surface area contributed by atoms with E-state index in [9.17, 15) is 0 Å². The molecule has 2 unspecified atom stereocenters. The van der Waals surface area contributed by atoms with E-state index in [-0.39, 0.29) is 0 Å². The molecule has 1 fully saturated rings. The summed E-state index contributed by atoms with van der Waals surface area (Å²) >= 11 is 0. The molecular weight excluding hydrogens is 84.1 g/mol. The standard InChI is InChI=1S/C7H8/c1-2-4-7-5-6(7)3-1/h6-7H,1,3,5H2. The van der Waals surface area contributed by atoms with Crippen molar-refractivity contribution in [3.05, 3.63) is 0 Å². The fraction of sp³-hybridized carbons (Fsp3) is 0.714. The topological polar surface area (TPSA) is 0 Å². The maximum Gasteiger partial charge on any atom is 0.0234 e. The predicted octanol–water partition coefficient (Wildman–Crippen LogP) is 1.42. The third-order valence-electron chi connectivity index (χ3n) is 1.85. The van der Waals surface area contributed by atoms with Gasteiger partial charge in [0.25, 0.3) is 0 Å². The van der Waals surface area contributed by atoms with Crippen molar-refractivity contribution in [3.63, 3.8) is 0 Å². The first-order chi connectivity index (χ1) is 3.47. The lowest BCUT2D eigenvalue weighted by Gasteiger charge is -1.92. The van der Waals surface area contributed by atoms with Crippen LogP contribution in [0.4, 0.5) is 0 Å². The van der Waals surface area contributed by atoms with Gasteiger partial charge in [0.15, 0.2) is 0 Å². The van der Waals surface area contributed by atoms with Gasteiger partial charge in [-0.05, 0) is 18.8 Å². The molecule has 0 saturated heterocycles. The number of rotatable bonds is 0. The Hall–Kier alpha value is -0.440. The summed E-state index contributed by atoms with van der Waals surface area (Å²) in [6, 6.07) is 0. The van der Waals surface area contributed by atoms with Gasteiger partial charge < -0.3 is 0 Å². The Morgan fingerprint density at radius 2 is 2.43 bits per heavy atom. The van der Waals surface area contributed by atoms with Crippen molar-refractivity contribution >= 4 is 0 Å². The lowest BCUT2D eigenvalue weighted by atomic mass is 10.1. The van der Waals surface area contributed by atoms with Crippen molar-refractivity contribution in [1.82, 2.24) is 0 Å². The third-order valence-corrected chi connectivity index (χ3v) is 1.85. The van der Waals surface area contributed by atoms with E-state index in [4.69, 9.17) is 0 Å². The number of fused-ring (bicyclic) bond motifs is 1. The normalized spacial score (nSPS) is 43.4. The van der Waals surface area contributed by atoms with Crippen LogP contribution in [0.1, 0.15) is 19.3 Å². The van der Waals surface area contributed by atoms with Crippen LogP contribution in [-0.4, -0.2) is 0 Å². The van der Waals surface area contributed by atoms with E-state index in [1.807, 2.05) is 0 Å². The average molecular weight is 92.1 g/mol. The van der Waals surface area contributed by atoms with Crippen LogP contribution in [0, 0.1) is 23.7 Å². The van der Waals surface area contributed by atoms with Crippen LogP contribution in [0.15, 0.2) is 0 Å². The van der Waals surface area contributed by atoms with Gasteiger partial charge >= 0.3 is 0 Å². The Labute approximate surface area is 43.9 Å². The van der Waals surface area contributed by atoms with Crippen molar-refractivity contribution in [2.75, 3.05) is 0 Å². The smallest absolute Gasteiger partial charge is 0.0234 e. The van der Waals surface area contributed by atoms with E-state index in [0.29, 0.717) is 0 Å². The lowest BCUT2D eigenvalue weighted by molar-refractivity contribution is 0.708. The molecule has 0 nitrogen and oxygen atoms in total. The summed E-state index contributed by atoms with van der Waals surface area (Å²) in [4.78, 5) is 0. The van der Waals surface area contributed by atoms with Crippen LogP contribution >= 0.6 is 0 Å². The summed E-state index contributed by atoms with van der Waals surface area (Å²) in [5.41, 5.74) is 0. The summed E-state index contributed by atoms with van der Waals surface area (Å²) in [6.45, 7) is 0. The Bertz CT molecular complexity index is 136. The highest BCUT2D eigenvalue weighted by Gasteiger charge is 2.35. The van der Waals surface area contributed by atoms with Gasteiger partial charge in [-0.1, -0.05) is 5.92 Å². The van der Waals surface area contributed by atoms with Crippen molar-refractivity contribution < 1.29 is 0 Å². The van der Waals surface area contributed by atoms with Crippen LogP contribution < -0.4 is 0 Å². The van der Waals surface area contributed by atoms with Gasteiger partial charge in [-0.15, -0.1) is 5.92 Å². The molecule has 0 aromatic carbocycles. The molecule has 1 saturated carbocycles. The first-order valence-corrected chi connectivity index (χ1v) is 2.95. The maximum atomic E-state index is 3.21. The summed E-state index contributed by atoms with van der Waals surface area (Å²) < 4.78 is 0. The van der Waals surface area contributed by atoms with Crippen molar-refractivity contribution in [1.29, 1.82) is 0 Å². The van der Waals surface area contributed by atoms with E-state index in [1.54, 1.807) is 0 Å². The molecule has 7 heavy (non-hydrogen) atoms. The highest BCUT2D eigenvalue weighted by Crippen LogP contribution is 2.43. The highest BCUT2D eigenvalue weighted by molar-refractivity contribution is 5.17. The third kappa shape index (κ3) is 0.447. The Balaban J connectivity index is 2.21. The molecule has 0 bridgehead atoms. The molecule has 0 aliphatic heterocycles. The van der Waals surface area contributed by atoms with E-state index in [2.05, 4.69) is 11.8 Å². The fourth-order valence-corrected chi connectivity index (χ4v) is 1.20. The minimum absolute atomic E-state index is 0.841. The number of hydrogen-bond acceptors (Lipinski definition) is 0. The van der Waals surface area contributed by atoms with Crippen LogP contribution in [0.25, 0.3) is 0 Å². The molecule has 36 valence electrons. The zero-order chi connectivity index (χ0) is 4.69. The Morgan fingerprint density at radius 3 is 3.00 bits per heavy atom. The largest absolute Gasteiger partial charge is 0.103 e. The van der Waals surface area contributed by atoms with Gasteiger partial charge in [0, 0.05) is 12.3 Å². The summed E-state index contributed by atoms with van der Waals surface area (Å²) in [5.74, 6) is 8.20. The van der Waals surface area contributed by atoms with E-state index in [1.165, 1.54) is 19.3 Å². The molecule has 2 atom stereocenters. The maximum absolute atomic E-state index is 3.21.